The van der Waals surface area contributed by atoms with Crippen LogP contribution in [-0.4, -0.2) is 29.9 Å². The molecular formula is C15H27N3O. The van der Waals surface area contributed by atoms with E-state index in [4.69, 9.17) is 11.0 Å². The van der Waals surface area contributed by atoms with Crippen molar-refractivity contribution in [2.45, 2.75) is 59.0 Å². The van der Waals surface area contributed by atoms with Crippen molar-refractivity contribution in [1.82, 2.24) is 4.90 Å². The minimum absolute atomic E-state index is 0.00782. The van der Waals surface area contributed by atoms with Crippen molar-refractivity contribution < 1.29 is 4.79 Å². The maximum atomic E-state index is 12.7. The highest BCUT2D eigenvalue weighted by molar-refractivity contribution is 5.80. The molecule has 1 saturated carbocycles. The molecule has 0 spiro atoms. The van der Waals surface area contributed by atoms with Gasteiger partial charge in [0.15, 0.2) is 0 Å². The Hall–Kier alpha value is -1.08. The van der Waals surface area contributed by atoms with E-state index < -0.39 is 0 Å². The zero-order valence-corrected chi connectivity index (χ0v) is 12.8. The van der Waals surface area contributed by atoms with E-state index in [0.29, 0.717) is 12.3 Å². The first-order valence-corrected chi connectivity index (χ1v) is 7.12. The fourth-order valence-corrected chi connectivity index (χ4v) is 3.02. The fourth-order valence-electron chi connectivity index (χ4n) is 3.02. The minimum atomic E-state index is -0.0879. The second-order valence-corrected chi connectivity index (χ2v) is 6.56. The number of rotatable bonds is 3. The number of nitrogens with two attached hydrogens (primary N) is 1. The van der Waals surface area contributed by atoms with Crippen LogP contribution in [0.1, 0.15) is 47.0 Å². The lowest BCUT2D eigenvalue weighted by atomic mass is 9.60. The Morgan fingerprint density at radius 3 is 2.63 bits per heavy atom. The summed E-state index contributed by atoms with van der Waals surface area (Å²) in [5, 5.41) is 8.75. The number of hydrogen-bond donors (Lipinski definition) is 1. The van der Waals surface area contributed by atoms with Gasteiger partial charge < -0.3 is 10.6 Å². The quantitative estimate of drug-likeness (QED) is 0.850. The molecule has 0 saturated heterocycles. The SMILES string of the molecule is CC(CC#N)N(C)C(=O)C1CCC(N)C(C)C1(C)C. The molecule has 1 fully saturated rings. The first-order chi connectivity index (χ1) is 8.73. The summed E-state index contributed by atoms with van der Waals surface area (Å²) in [5.41, 5.74) is 6.04. The smallest absolute Gasteiger partial charge is 0.226 e. The van der Waals surface area contributed by atoms with Crippen molar-refractivity contribution in [3.8, 4) is 6.07 Å². The summed E-state index contributed by atoms with van der Waals surface area (Å²) in [6, 6.07) is 2.28. The topological polar surface area (TPSA) is 70.1 Å². The molecule has 19 heavy (non-hydrogen) atoms. The Morgan fingerprint density at radius 1 is 1.53 bits per heavy atom. The van der Waals surface area contributed by atoms with Crippen molar-refractivity contribution in [2.24, 2.45) is 23.0 Å². The normalized spacial score (nSPS) is 31.3. The molecule has 1 rings (SSSR count). The summed E-state index contributed by atoms with van der Waals surface area (Å²) < 4.78 is 0. The summed E-state index contributed by atoms with van der Waals surface area (Å²) in [5.74, 6) is 0.495. The Morgan fingerprint density at radius 2 is 2.11 bits per heavy atom. The summed E-state index contributed by atoms with van der Waals surface area (Å²) in [6.07, 6.45) is 2.13. The van der Waals surface area contributed by atoms with E-state index in [9.17, 15) is 4.79 Å². The van der Waals surface area contributed by atoms with E-state index in [-0.39, 0.29) is 29.3 Å². The molecule has 1 aliphatic rings. The van der Waals surface area contributed by atoms with Gasteiger partial charge in [-0.15, -0.1) is 0 Å². The van der Waals surface area contributed by atoms with Crippen molar-refractivity contribution >= 4 is 5.91 Å². The zero-order chi connectivity index (χ0) is 14.8. The van der Waals surface area contributed by atoms with Gasteiger partial charge in [0.2, 0.25) is 5.91 Å². The van der Waals surface area contributed by atoms with Gasteiger partial charge in [-0.25, -0.2) is 0 Å². The molecule has 1 amide bonds. The first-order valence-electron chi connectivity index (χ1n) is 7.12. The molecule has 0 bridgehead atoms. The molecule has 4 nitrogen and oxygen atoms in total. The summed E-state index contributed by atoms with van der Waals surface area (Å²) >= 11 is 0. The summed E-state index contributed by atoms with van der Waals surface area (Å²) in [7, 11) is 1.81. The highest BCUT2D eigenvalue weighted by Gasteiger charge is 2.46. The lowest BCUT2D eigenvalue weighted by molar-refractivity contribution is -0.143. The molecule has 0 aromatic rings. The van der Waals surface area contributed by atoms with Crippen LogP contribution in [0.3, 0.4) is 0 Å². The fraction of sp³-hybridized carbons (Fsp3) is 0.867. The highest BCUT2D eigenvalue weighted by Crippen LogP contribution is 2.45. The zero-order valence-electron chi connectivity index (χ0n) is 12.8. The Labute approximate surface area is 116 Å². The molecule has 0 aliphatic heterocycles. The van der Waals surface area contributed by atoms with Gasteiger partial charge >= 0.3 is 0 Å². The predicted octanol–water partition coefficient (Wildman–Crippen LogP) is 2.15. The van der Waals surface area contributed by atoms with Crippen LogP contribution in [0.25, 0.3) is 0 Å². The third-order valence-electron chi connectivity index (χ3n) is 5.20. The van der Waals surface area contributed by atoms with Gasteiger partial charge in [-0.2, -0.15) is 5.26 Å². The third-order valence-corrected chi connectivity index (χ3v) is 5.20. The number of carbonyl (C=O) groups excluding carboxylic acids is 1. The molecule has 0 heterocycles. The molecule has 108 valence electrons. The third kappa shape index (κ3) is 3.09. The molecule has 2 N–H and O–H groups in total. The second kappa shape index (κ2) is 5.92. The molecule has 4 heteroatoms. The van der Waals surface area contributed by atoms with Gasteiger partial charge in [-0.05, 0) is 31.1 Å². The number of nitriles is 1. The van der Waals surface area contributed by atoms with Crippen LogP contribution in [0.5, 0.6) is 0 Å². The van der Waals surface area contributed by atoms with Gasteiger partial charge in [0, 0.05) is 25.0 Å². The molecule has 4 atom stereocenters. The standard InChI is InChI=1S/C15H27N3O/c1-10(8-9-16)18(5)14(19)12-6-7-13(17)11(2)15(12,3)4/h10-13H,6-8,17H2,1-5H3. The average molecular weight is 265 g/mol. The Kier molecular flexibility index (Phi) is 4.98. The van der Waals surface area contributed by atoms with Gasteiger partial charge in [0.05, 0.1) is 12.5 Å². The summed E-state index contributed by atoms with van der Waals surface area (Å²) in [4.78, 5) is 14.4. The number of carbonyl (C=O) groups is 1. The lowest BCUT2D eigenvalue weighted by Crippen LogP contribution is -2.52. The monoisotopic (exact) mass is 265 g/mol. The van der Waals surface area contributed by atoms with Crippen molar-refractivity contribution in [3.63, 3.8) is 0 Å². The number of nitrogens with zero attached hydrogens (tertiary/aromatic N) is 2. The van der Waals surface area contributed by atoms with Crippen LogP contribution in [0.15, 0.2) is 0 Å². The van der Waals surface area contributed by atoms with E-state index in [2.05, 4.69) is 26.8 Å². The first kappa shape index (κ1) is 16.0. The van der Waals surface area contributed by atoms with Crippen LogP contribution in [-0.2, 0) is 4.79 Å². The molecule has 0 aromatic carbocycles. The molecule has 1 aliphatic carbocycles. The lowest BCUT2D eigenvalue weighted by Gasteiger charge is -2.47. The van der Waals surface area contributed by atoms with E-state index in [1.54, 1.807) is 11.9 Å². The Balaban J connectivity index is 2.85. The molecular weight excluding hydrogens is 238 g/mol. The van der Waals surface area contributed by atoms with Gasteiger partial charge in [0.1, 0.15) is 0 Å². The van der Waals surface area contributed by atoms with Crippen molar-refractivity contribution in [3.05, 3.63) is 0 Å². The van der Waals surface area contributed by atoms with E-state index in [1.807, 2.05) is 6.92 Å². The van der Waals surface area contributed by atoms with E-state index >= 15 is 0 Å². The van der Waals surface area contributed by atoms with Crippen molar-refractivity contribution in [1.29, 1.82) is 5.26 Å². The van der Waals surface area contributed by atoms with Crippen LogP contribution in [0.2, 0.25) is 0 Å². The highest BCUT2D eigenvalue weighted by atomic mass is 16.2. The molecule has 4 unspecified atom stereocenters. The van der Waals surface area contributed by atoms with Crippen LogP contribution >= 0.6 is 0 Å². The largest absolute Gasteiger partial charge is 0.342 e. The van der Waals surface area contributed by atoms with Gasteiger partial charge in [-0.3, -0.25) is 4.79 Å². The van der Waals surface area contributed by atoms with E-state index in [0.717, 1.165) is 12.8 Å². The number of amides is 1. The minimum Gasteiger partial charge on any atom is -0.342 e. The van der Waals surface area contributed by atoms with Crippen LogP contribution in [0, 0.1) is 28.6 Å². The number of hydrogen-bond acceptors (Lipinski definition) is 3. The average Bonchev–Trinajstić information content (AvgIpc) is 2.35. The summed E-state index contributed by atoms with van der Waals surface area (Å²) in [6.45, 7) is 8.35. The van der Waals surface area contributed by atoms with Crippen LogP contribution in [0.4, 0.5) is 0 Å². The van der Waals surface area contributed by atoms with Crippen LogP contribution < -0.4 is 5.73 Å². The molecule has 0 aromatic heterocycles. The Bertz CT molecular complexity index is 372. The maximum Gasteiger partial charge on any atom is 0.226 e. The van der Waals surface area contributed by atoms with Crippen molar-refractivity contribution in [2.75, 3.05) is 7.05 Å². The van der Waals surface area contributed by atoms with Gasteiger partial charge in [-0.1, -0.05) is 20.8 Å². The molecule has 0 radical (unpaired) electrons. The maximum absolute atomic E-state index is 12.7. The van der Waals surface area contributed by atoms with Gasteiger partial charge in [0.25, 0.3) is 0 Å². The predicted molar refractivity (Wildman–Crippen MR) is 76.1 cm³/mol. The van der Waals surface area contributed by atoms with E-state index in [1.165, 1.54) is 0 Å². The second-order valence-electron chi connectivity index (χ2n) is 6.56.